The van der Waals surface area contributed by atoms with E-state index in [1.807, 2.05) is 0 Å². The lowest BCUT2D eigenvalue weighted by Crippen LogP contribution is -2.26. The minimum Gasteiger partial charge on any atom is -0.478 e. The number of aromatic carboxylic acids is 1. The zero-order valence-electron chi connectivity index (χ0n) is 9.31. The van der Waals surface area contributed by atoms with E-state index in [1.165, 1.54) is 30.6 Å². The summed E-state index contributed by atoms with van der Waals surface area (Å²) in [5.41, 5.74) is 0.450. The molecule has 0 fully saturated rings. The average Bonchev–Trinajstić information content (AvgIpc) is 2.89. The number of carbonyl (C=O) groups is 1. The number of alkyl halides is 2. The van der Waals surface area contributed by atoms with E-state index in [4.69, 9.17) is 5.11 Å². The van der Waals surface area contributed by atoms with Gasteiger partial charge in [-0.05, 0) is 6.07 Å². The second kappa shape index (κ2) is 3.71. The molecule has 0 unspecified atom stereocenters. The van der Waals surface area contributed by atoms with Crippen LogP contribution in [0.15, 0.2) is 30.6 Å². The summed E-state index contributed by atoms with van der Waals surface area (Å²) >= 11 is 0. The van der Waals surface area contributed by atoms with Crippen molar-refractivity contribution in [2.75, 3.05) is 0 Å². The van der Waals surface area contributed by atoms with Gasteiger partial charge in [-0.1, -0.05) is 12.1 Å². The van der Waals surface area contributed by atoms with Gasteiger partial charge in [0.25, 0.3) is 0 Å². The lowest BCUT2D eigenvalue weighted by Gasteiger charge is -2.06. The highest BCUT2D eigenvalue weighted by Gasteiger charge is 2.44. The molecule has 0 atom stereocenters. The Bertz CT molecular complexity index is 665. The van der Waals surface area contributed by atoms with Crippen molar-refractivity contribution in [3.63, 3.8) is 0 Å². The minimum atomic E-state index is -3.74. The van der Waals surface area contributed by atoms with Crippen LogP contribution >= 0.6 is 0 Å². The molecule has 0 amide bonds. The first-order valence-electron chi connectivity index (χ1n) is 5.27. The van der Waals surface area contributed by atoms with Gasteiger partial charge in [0.05, 0.1) is 5.56 Å². The predicted molar refractivity (Wildman–Crippen MR) is 59.4 cm³/mol. The van der Waals surface area contributed by atoms with E-state index in [0.717, 1.165) is 0 Å². The number of fused-ring (bicyclic) bond motifs is 1. The highest BCUT2D eigenvalue weighted by molar-refractivity contribution is 5.97. The third-order valence-electron chi connectivity index (χ3n) is 2.69. The van der Waals surface area contributed by atoms with Crippen molar-refractivity contribution >= 4 is 5.97 Å². The number of hydrogen-bond donors (Lipinski definition) is 2. The van der Waals surface area contributed by atoms with Crippen LogP contribution in [-0.2, 0) is 0 Å². The number of halogens is 2. The van der Waals surface area contributed by atoms with Crippen molar-refractivity contribution in [1.29, 1.82) is 0 Å². The van der Waals surface area contributed by atoms with E-state index < -0.39 is 12.3 Å². The van der Waals surface area contributed by atoms with Crippen LogP contribution in [0.25, 0.3) is 11.1 Å². The number of aromatic amines is 1. The maximum absolute atomic E-state index is 13.0. The Morgan fingerprint density at radius 2 is 2.00 bits per heavy atom. The zero-order chi connectivity index (χ0) is 13.6. The summed E-state index contributed by atoms with van der Waals surface area (Å²) in [6.07, 6.45) is -1.07. The molecule has 0 spiro atoms. The Labute approximate surface area is 105 Å². The first kappa shape index (κ1) is 11.5. The van der Waals surface area contributed by atoms with Gasteiger partial charge in [-0.25, -0.2) is 4.79 Å². The van der Waals surface area contributed by atoms with E-state index in [0.29, 0.717) is 0 Å². The number of H-pyrrole nitrogens is 1. The molecule has 19 heavy (non-hydrogen) atoms. The molecule has 5 nitrogen and oxygen atoms in total. The maximum Gasteiger partial charge on any atom is 0.586 e. The molecule has 1 aromatic carbocycles. The second-order valence-corrected chi connectivity index (χ2v) is 3.89. The lowest BCUT2D eigenvalue weighted by molar-refractivity contribution is -0.286. The van der Waals surface area contributed by atoms with Crippen molar-refractivity contribution < 1.29 is 28.2 Å². The molecule has 1 aliphatic rings. The Morgan fingerprint density at radius 3 is 2.74 bits per heavy atom. The fourth-order valence-corrected chi connectivity index (χ4v) is 1.94. The van der Waals surface area contributed by atoms with Crippen LogP contribution in [0.1, 0.15) is 10.4 Å². The largest absolute Gasteiger partial charge is 0.586 e. The molecule has 1 aliphatic heterocycles. The molecule has 0 saturated carbocycles. The SMILES string of the molecule is O=C(O)c1c[nH]cc1-c1cccc2c1OC(F)(F)O2. The fraction of sp³-hybridized carbons (Fsp3) is 0.0833. The summed E-state index contributed by atoms with van der Waals surface area (Å²) in [5.74, 6) is -1.46. The van der Waals surface area contributed by atoms with Crippen molar-refractivity contribution in [2.45, 2.75) is 6.29 Å². The van der Waals surface area contributed by atoms with Crippen LogP contribution in [-0.4, -0.2) is 22.4 Å². The van der Waals surface area contributed by atoms with Gasteiger partial charge in [-0.2, -0.15) is 0 Å². The molecular formula is C12H7F2NO4. The molecule has 2 heterocycles. The lowest BCUT2D eigenvalue weighted by atomic mass is 10.0. The summed E-state index contributed by atoms with van der Waals surface area (Å²) in [6, 6.07) is 4.30. The molecule has 7 heteroatoms. The first-order valence-corrected chi connectivity index (χ1v) is 5.27. The smallest absolute Gasteiger partial charge is 0.478 e. The highest BCUT2D eigenvalue weighted by Crippen LogP contribution is 2.47. The average molecular weight is 267 g/mol. The van der Waals surface area contributed by atoms with Gasteiger partial charge in [0.2, 0.25) is 0 Å². The third-order valence-corrected chi connectivity index (χ3v) is 2.69. The molecule has 2 aromatic rings. The Balaban J connectivity index is 2.16. The van der Waals surface area contributed by atoms with Gasteiger partial charge in [-0.3, -0.25) is 0 Å². The molecule has 1 aromatic heterocycles. The fourth-order valence-electron chi connectivity index (χ4n) is 1.94. The molecule has 98 valence electrons. The van der Waals surface area contributed by atoms with Gasteiger partial charge in [0.15, 0.2) is 11.5 Å². The minimum absolute atomic E-state index is 0.0350. The van der Waals surface area contributed by atoms with Crippen LogP contribution in [0.2, 0.25) is 0 Å². The molecule has 0 saturated heterocycles. The number of rotatable bonds is 2. The maximum atomic E-state index is 13.0. The Kier molecular flexibility index (Phi) is 2.25. The van der Waals surface area contributed by atoms with E-state index in [2.05, 4.69) is 14.5 Å². The zero-order valence-corrected chi connectivity index (χ0v) is 9.31. The monoisotopic (exact) mass is 267 g/mol. The van der Waals surface area contributed by atoms with Crippen molar-refractivity contribution in [2.24, 2.45) is 0 Å². The molecular weight excluding hydrogens is 260 g/mol. The van der Waals surface area contributed by atoms with E-state index in [9.17, 15) is 13.6 Å². The quantitative estimate of drug-likeness (QED) is 0.877. The number of carboxylic acids is 1. The normalized spacial score (nSPS) is 15.5. The topological polar surface area (TPSA) is 71.5 Å². The van der Waals surface area contributed by atoms with Crippen LogP contribution in [0.3, 0.4) is 0 Å². The predicted octanol–water partition coefficient (Wildman–Crippen LogP) is 2.70. The number of nitrogens with one attached hydrogen (secondary N) is 1. The second-order valence-electron chi connectivity index (χ2n) is 3.89. The van der Waals surface area contributed by atoms with Crippen molar-refractivity contribution in [3.05, 3.63) is 36.2 Å². The molecule has 3 rings (SSSR count). The van der Waals surface area contributed by atoms with Gasteiger partial charge in [-0.15, -0.1) is 8.78 Å². The van der Waals surface area contributed by atoms with E-state index in [1.54, 1.807) is 0 Å². The van der Waals surface area contributed by atoms with Crippen LogP contribution in [0.5, 0.6) is 11.5 Å². The van der Waals surface area contributed by atoms with E-state index in [-0.39, 0.29) is 28.2 Å². The standard InChI is InChI=1S/C12H7F2NO4/c13-12(14)18-9-3-1-2-6(10(9)19-12)7-4-15-5-8(7)11(16)17/h1-5,15H,(H,16,17). The number of ether oxygens (including phenoxy) is 2. The number of para-hydroxylation sites is 1. The summed E-state index contributed by atoms with van der Waals surface area (Å²) in [5, 5.41) is 9.03. The molecule has 2 N–H and O–H groups in total. The van der Waals surface area contributed by atoms with E-state index >= 15 is 0 Å². The summed E-state index contributed by atoms with van der Waals surface area (Å²) in [6.45, 7) is 0. The van der Waals surface area contributed by atoms with Gasteiger partial charge < -0.3 is 19.6 Å². The third kappa shape index (κ3) is 1.79. The van der Waals surface area contributed by atoms with Crippen LogP contribution in [0.4, 0.5) is 8.78 Å². The number of aromatic nitrogens is 1. The Hall–Kier alpha value is -2.57. The van der Waals surface area contributed by atoms with Crippen molar-refractivity contribution in [3.8, 4) is 22.6 Å². The number of benzene rings is 1. The molecule has 0 aliphatic carbocycles. The Morgan fingerprint density at radius 1 is 1.21 bits per heavy atom. The van der Waals surface area contributed by atoms with Crippen LogP contribution in [0, 0.1) is 0 Å². The van der Waals surface area contributed by atoms with Gasteiger partial charge in [0, 0.05) is 23.5 Å². The summed E-state index contributed by atoms with van der Waals surface area (Å²) < 4.78 is 34.8. The number of hydrogen-bond acceptors (Lipinski definition) is 3. The molecule has 0 bridgehead atoms. The molecule has 0 radical (unpaired) electrons. The first-order chi connectivity index (χ1) is 8.98. The van der Waals surface area contributed by atoms with Gasteiger partial charge in [0.1, 0.15) is 0 Å². The summed E-state index contributed by atoms with van der Waals surface area (Å²) in [7, 11) is 0. The van der Waals surface area contributed by atoms with Crippen molar-refractivity contribution in [1.82, 2.24) is 4.98 Å². The number of carboxylic acid groups (broad SMARTS) is 1. The van der Waals surface area contributed by atoms with Gasteiger partial charge >= 0.3 is 12.3 Å². The summed E-state index contributed by atoms with van der Waals surface area (Å²) in [4.78, 5) is 13.7. The highest BCUT2D eigenvalue weighted by atomic mass is 19.3. The van der Waals surface area contributed by atoms with Crippen LogP contribution < -0.4 is 9.47 Å².